The Hall–Kier alpha value is -1.94. The molecular weight excluding hydrogens is 1310 g/mol. The second-order valence-corrected chi connectivity index (χ2v) is 33.3. The van der Waals surface area contributed by atoms with E-state index in [2.05, 4.69) is 48.5 Å². The molecule has 0 aromatic carbocycles. The molecule has 0 aliphatic rings. The van der Waals surface area contributed by atoms with Crippen molar-refractivity contribution < 1.29 is 80.2 Å². The number of carbonyl (C=O) groups excluding carboxylic acids is 4. The highest BCUT2D eigenvalue weighted by Gasteiger charge is 2.30. The summed E-state index contributed by atoms with van der Waals surface area (Å²) in [5.41, 5.74) is 0. The summed E-state index contributed by atoms with van der Waals surface area (Å²) < 4.78 is 68.8. The van der Waals surface area contributed by atoms with E-state index in [1.807, 2.05) is 0 Å². The Morgan fingerprint density at radius 2 is 0.510 bits per heavy atom. The Labute approximate surface area is 613 Å². The van der Waals surface area contributed by atoms with Crippen molar-refractivity contribution in [1.82, 2.24) is 0 Å². The van der Waals surface area contributed by atoms with Gasteiger partial charge in [-0.3, -0.25) is 37.3 Å². The molecule has 0 heterocycles. The lowest BCUT2D eigenvalue weighted by molar-refractivity contribution is -0.161. The number of carbonyl (C=O) groups is 4. The van der Waals surface area contributed by atoms with E-state index in [4.69, 9.17) is 37.0 Å². The minimum absolute atomic E-state index is 0.108. The number of phosphoric acid groups is 2. The minimum Gasteiger partial charge on any atom is -0.462 e. The SMILES string of the molecule is CCCCCCCCCCCCCCCCC(=O)O[C@H](COC(=O)CCCCCCCCCCCCC(C)C)COP(=O)(O)OC[C@H](O)COP(=O)(O)OC[C@@H](COC(=O)CCCCCCCCCCCCCCC(C)C)OC(=O)CCCCCCCCCCCCCCCCC(C)CC. The van der Waals surface area contributed by atoms with E-state index in [1.54, 1.807) is 0 Å². The van der Waals surface area contributed by atoms with Crippen molar-refractivity contribution >= 4 is 39.5 Å². The highest BCUT2D eigenvalue weighted by atomic mass is 31.2. The minimum atomic E-state index is -4.96. The van der Waals surface area contributed by atoms with Gasteiger partial charge < -0.3 is 33.8 Å². The van der Waals surface area contributed by atoms with Crippen molar-refractivity contribution in [1.29, 1.82) is 0 Å². The zero-order valence-electron chi connectivity index (χ0n) is 65.7. The standard InChI is InChI=1S/C81H158O17P2/c1-8-10-11-12-13-14-15-16-20-27-36-43-50-57-64-80(85)98-77(69-92-79(84)63-56-49-42-35-30-29-32-39-46-53-60-73(5)6)71-96-100(89,90)94-67-75(82)66-93-99(87,88)95-70-76(68-91-78(83)62-55-48-41-34-26-23-22-24-31-38-45-52-59-72(3)4)97-81(86)65-58-51-44-37-28-21-18-17-19-25-33-40-47-54-61-74(7)9-2/h72-77,82H,8-71H2,1-7H3,(H,87,88)(H,89,90)/t74?,75-,76-,77-/m1/s1. The van der Waals surface area contributed by atoms with Crippen LogP contribution in [-0.2, 0) is 65.4 Å². The Kier molecular flexibility index (Phi) is 69.9. The molecule has 100 heavy (non-hydrogen) atoms. The van der Waals surface area contributed by atoms with E-state index < -0.39 is 97.5 Å². The number of esters is 4. The van der Waals surface area contributed by atoms with Crippen molar-refractivity contribution in [3.63, 3.8) is 0 Å². The molecule has 17 nitrogen and oxygen atoms in total. The van der Waals surface area contributed by atoms with Gasteiger partial charge in [0, 0.05) is 25.7 Å². The molecule has 0 aliphatic carbocycles. The third-order valence-corrected chi connectivity index (χ3v) is 21.1. The maximum Gasteiger partial charge on any atom is 0.472 e. The van der Waals surface area contributed by atoms with Crippen LogP contribution < -0.4 is 0 Å². The summed E-state index contributed by atoms with van der Waals surface area (Å²) in [5.74, 6) is 0.278. The van der Waals surface area contributed by atoms with E-state index in [9.17, 15) is 43.2 Å². The van der Waals surface area contributed by atoms with Crippen molar-refractivity contribution in [3.8, 4) is 0 Å². The summed E-state index contributed by atoms with van der Waals surface area (Å²) in [6.07, 6.45) is 59.4. The largest absolute Gasteiger partial charge is 0.472 e. The van der Waals surface area contributed by atoms with E-state index in [-0.39, 0.29) is 25.7 Å². The van der Waals surface area contributed by atoms with Crippen LogP contribution in [0.5, 0.6) is 0 Å². The van der Waals surface area contributed by atoms with Crippen molar-refractivity contribution in [3.05, 3.63) is 0 Å². The fourth-order valence-corrected chi connectivity index (χ4v) is 14.0. The van der Waals surface area contributed by atoms with Crippen LogP contribution >= 0.6 is 15.6 Å². The number of aliphatic hydroxyl groups excluding tert-OH is 1. The predicted octanol–water partition coefficient (Wildman–Crippen LogP) is 24.1. The number of aliphatic hydroxyl groups is 1. The van der Waals surface area contributed by atoms with Gasteiger partial charge in [0.15, 0.2) is 12.2 Å². The van der Waals surface area contributed by atoms with Crippen LogP contribution in [0.1, 0.15) is 421 Å². The monoisotopic (exact) mass is 1470 g/mol. The first-order chi connectivity index (χ1) is 48.3. The molecule has 0 saturated carbocycles. The Bertz CT molecular complexity index is 1940. The molecule has 0 aliphatic heterocycles. The zero-order chi connectivity index (χ0) is 73.7. The molecule has 3 unspecified atom stereocenters. The summed E-state index contributed by atoms with van der Waals surface area (Å²) in [4.78, 5) is 73.1. The van der Waals surface area contributed by atoms with Crippen LogP contribution in [0.4, 0.5) is 0 Å². The van der Waals surface area contributed by atoms with Crippen LogP contribution in [0.25, 0.3) is 0 Å². The Balaban J connectivity index is 5.27. The summed E-state index contributed by atoms with van der Waals surface area (Å²) in [6, 6.07) is 0. The van der Waals surface area contributed by atoms with E-state index in [1.165, 1.54) is 231 Å². The molecule has 0 amide bonds. The molecule has 0 saturated heterocycles. The summed E-state index contributed by atoms with van der Waals surface area (Å²) >= 11 is 0. The lowest BCUT2D eigenvalue weighted by Crippen LogP contribution is -2.30. The topological polar surface area (TPSA) is 237 Å². The van der Waals surface area contributed by atoms with E-state index >= 15 is 0 Å². The van der Waals surface area contributed by atoms with Crippen molar-refractivity contribution in [2.24, 2.45) is 17.8 Å². The Morgan fingerprint density at radius 1 is 0.290 bits per heavy atom. The Morgan fingerprint density at radius 3 is 0.760 bits per heavy atom. The molecule has 0 aromatic rings. The van der Waals surface area contributed by atoms with Gasteiger partial charge in [-0.25, -0.2) is 9.13 Å². The van der Waals surface area contributed by atoms with Crippen molar-refractivity contribution in [2.45, 2.75) is 439 Å². The van der Waals surface area contributed by atoms with E-state index in [0.29, 0.717) is 25.7 Å². The summed E-state index contributed by atoms with van der Waals surface area (Å²) in [6.45, 7) is 12.0. The highest BCUT2D eigenvalue weighted by molar-refractivity contribution is 7.47. The second-order valence-electron chi connectivity index (χ2n) is 30.4. The zero-order valence-corrected chi connectivity index (χ0v) is 67.5. The van der Waals surface area contributed by atoms with Gasteiger partial charge in [0.2, 0.25) is 0 Å². The molecule has 19 heteroatoms. The number of hydrogen-bond acceptors (Lipinski definition) is 15. The molecule has 594 valence electrons. The van der Waals surface area contributed by atoms with Crippen molar-refractivity contribution in [2.75, 3.05) is 39.6 Å². The molecule has 0 fully saturated rings. The number of ether oxygens (including phenoxy) is 4. The fraction of sp³-hybridized carbons (Fsp3) is 0.951. The third kappa shape index (κ3) is 73.0. The molecular formula is C81H158O17P2. The molecule has 3 N–H and O–H groups in total. The van der Waals surface area contributed by atoms with Gasteiger partial charge in [-0.15, -0.1) is 0 Å². The van der Waals surface area contributed by atoms with Crippen LogP contribution in [0, 0.1) is 17.8 Å². The maximum absolute atomic E-state index is 13.1. The van der Waals surface area contributed by atoms with Crippen LogP contribution in [-0.4, -0.2) is 96.7 Å². The second kappa shape index (κ2) is 71.3. The van der Waals surface area contributed by atoms with Gasteiger partial charge in [0.1, 0.15) is 19.3 Å². The fourth-order valence-electron chi connectivity index (χ4n) is 12.5. The molecule has 0 bridgehead atoms. The van der Waals surface area contributed by atoms with E-state index in [0.717, 1.165) is 108 Å². The third-order valence-electron chi connectivity index (χ3n) is 19.2. The average molecular weight is 1470 g/mol. The average Bonchev–Trinajstić information content (AvgIpc) is 1.01. The first kappa shape index (κ1) is 98.1. The predicted molar refractivity (Wildman–Crippen MR) is 409 cm³/mol. The van der Waals surface area contributed by atoms with Gasteiger partial charge >= 0.3 is 39.5 Å². The quantitative estimate of drug-likeness (QED) is 0.0222. The molecule has 0 rings (SSSR count). The van der Waals surface area contributed by atoms with Gasteiger partial charge in [0.25, 0.3) is 0 Å². The van der Waals surface area contributed by atoms with Gasteiger partial charge in [-0.2, -0.15) is 0 Å². The summed E-state index contributed by atoms with van der Waals surface area (Å²) in [5, 5.41) is 10.6. The summed E-state index contributed by atoms with van der Waals surface area (Å²) in [7, 11) is -9.92. The van der Waals surface area contributed by atoms with Gasteiger partial charge in [0.05, 0.1) is 26.4 Å². The maximum atomic E-state index is 13.1. The number of unbranched alkanes of at least 4 members (excludes halogenated alkanes) is 46. The number of phosphoric ester groups is 2. The lowest BCUT2D eigenvalue weighted by atomic mass is 9.99. The highest BCUT2D eigenvalue weighted by Crippen LogP contribution is 2.45. The smallest absolute Gasteiger partial charge is 0.462 e. The van der Waals surface area contributed by atoms with Crippen LogP contribution in [0.15, 0.2) is 0 Å². The lowest BCUT2D eigenvalue weighted by Gasteiger charge is -2.21. The first-order valence-electron chi connectivity index (χ1n) is 41.9. The van der Waals surface area contributed by atoms with Crippen LogP contribution in [0.2, 0.25) is 0 Å². The first-order valence-corrected chi connectivity index (χ1v) is 44.9. The molecule has 0 aromatic heterocycles. The van der Waals surface area contributed by atoms with Crippen LogP contribution in [0.3, 0.4) is 0 Å². The molecule has 0 radical (unpaired) electrons. The van der Waals surface area contributed by atoms with Gasteiger partial charge in [-0.1, -0.05) is 370 Å². The number of hydrogen-bond donors (Lipinski definition) is 3. The van der Waals surface area contributed by atoms with Gasteiger partial charge in [-0.05, 0) is 43.4 Å². The number of rotatable bonds is 79. The normalized spacial score (nSPS) is 14.2. The molecule has 6 atom stereocenters. The molecule has 0 spiro atoms.